The third kappa shape index (κ3) is 11.1. The minimum atomic E-state index is -0.874. The van der Waals surface area contributed by atoms with E-state index >= 15 is 0 Å². The molecule has 0 aliphatic heterocycles. The second-order valence-corrected chi connectivity index (χ2v) is 8.17. The molecule has 0 aromatic rings. The predicted octanol–water partition coefficient (Wildman–Crippen LogP) is 7.48. The van der Waals surface area contributed by atoms with Gasteiger partial charge in [-0.25, -0.2) is 9.90 Å². The van der Waals surface area contributed by atoms with E-state index in [0.29, 0.717) is 0 Å². The molecule has 0 aliphatic rings. The highest BCUT2D eigenvalue weighted by Crippen LogP contribution is 2.35. The van der Waals surface area contributed by atoms with Crippen molar-refractivity contribution in [2.24, 2.45) is 11.3 Å². The highest BCUT2D eigenvalue weighted by molar-refractivity contribution is 5.73. The van der Waals surface area contributed by atoms with Crippen LogP contribution in [0.5, 0.6) is 0 Å². The molecule has 1 atom stereocenters. The zero-order valence-electron chi connectivity index (χ0n) is 17.0. The van der Waals surface area contributed by atoms with Gasteiger partial charge in [-0.15, -0.1) is 0 Å². The van der Waals surface area contributed by atoms with Crippen molar-refractivity contribution in [2.45, 2.75) is 124 Å². The summed E-state index contributed by atoms with van der Waals surface area (Å²) < 4.78 is 0. The summed E-state index contributed by atoms with van der Waals surface area (Å²) in [5, 5.41) is 11.5. The number of hydrogen-bond donors (Lipinski definition) is 0. The van der Waals surface area contributed by atoms with Crippen molar-refractivity contribution in [3.8, 4) is 0 Å². The van der Waals surface area contributed by atoms with Crippen LogP contribution in [0, 0.1) is 11.3 Å². The average Bonchev–Trinajstić information content (AvgIpc) is 2.54. The molecule has 0 aliphatic carbocycles. The van der Waals surface area contributed by atoms with Crippen LogP contribution in [0.1, 0.15) is 124 Å². The number of rotatable bonds is 17. The lowest BCUT2D eigenvalue weighted by molar-refractivity contribution is -0.157. The molecule has 0 heterocycles. The fourth-order valence-corrected chi connectivity index (χ4v) is 3.55. The molecule has 0 N–H and O–H groups in total. The Morgan fingerprint density at radius 2 is 1.00 bits per heavy atom. The summed E-state index contributed by atoms with van der Waals surface area (Å²) in [6, 6.07) is 0. The molecular formula is C22H43O2. The molecule has 0 bridgehead atoms. The first-order chi connectivity index (χ1) is 11.5. The smallest absolute Gasteiger partial charge is 0.247 e. The normalized spacial score (nSPS) is 13.2. The molecular weight excluding hydrogens is 296 g/mol. The maximum absolute atomic E-state index is 11.5. The van der Waals surface area contributed by atoms with E-state index in [4.69, 9.17) is 0 Å². The van der Waals surface area contributed by atoms with Crippen LogP contribution in [0.4, 0.5) is 0 Å². The molecule has 0 amide bonds. The fraction of sp³-hybridized carbons (Fsp3) is 0.955. The third-order valence-corrected chi connectivity index (χ3v) is 5.61. The molecule has 2 nitrogen and oxygen atoms in total. The van der Waals surface area contributed by atoms with Gasteiger partial charge in [0.25, 0.3) is 0 Å². The van der Waals surface area contributed by atoms with Crippen molar-refractivity contribution in [1.29, 1.82) is 0 Å². The highest BCUT2D eigenvalue weighted by Gasteiger charge is 2.37. The molecule has 0 aromatic carbocycles. The quantitative estimate of drug-likeness (QED) is 0.253. The van der Waals surface area contributed by atoms with E-state index in [1.54, 1.807) is 0 Å². The molecule has 1 unspecified atom stereocenters. The Balaban J connectivity index is 4.09. The standard InChI is InChI=1S/C22H43O2/c1-5-7-9-11-13-15-17-19-20(22(3,4)21(23)24)18-16-14-12-10-8-6-2/h20H,5-19H2,1-4H3. The Morgan fingerprint density at radius 3 is 1.33 bits per heavy atom. The molecule has 0 rings (SSSR count). The zero-order chi connectivity index (χ0) is 18.3. The lowest BCUT2D eigenvalue weighted by Gasteiger charge is -2.29. The fourth-order valence-electron chi connectivity index (χ4n) is 3.55. The molecule has 1 radical (unpaired) electrons. The van der Waals surface area contributed by atoms with Crippen molar-refractivity contribution in [3.63, 3.8) is 0 Å². The van der Waals surface area contributed by atoms with Crippen molar-refractivity contribution >= 4 is 5.97 Å². The molecule has 143 valence electrons. The summed E-state index contributed by atoms with van der Waals surface area (Å²) in [7, 11) is 0. The Labute approximate surface area is 151 Å². The van der Waals surface area contributed by atoms with Gasteiger partial charge in [-0.3, -0.25) is 0 Å². The second kappa shape index (κ2) is 14.8. The lowest BCUT2D eigenvalue weighted by Crippen LogP contribution is -2.32. The minimum Gasteiger partial charge on any atom is -0.247 e. The van der Waals surface area contributed by atoms with Crippen LogP contribution >= 0.6 is 0 Å². The van der Waals surface area contributed by atoms with E-state index in [1.807, 2.05) is 13.8 Å². The van der Waals surface area contributed by atoms with E-state index in [2.05, 4.69) is 13.8 Å². The largest absolute Gasteiger partial charge is 0.361 e. The maximum Gasteiger partial charge on any atom is 0.361 e. The molecule has 24 heavy (non-hydrogen) atoms. The Hall–Kier alpha value is -0.530. The summed E-state index contributed by atoms with van der Waals surface area (Å²) in [5.41, 5.74) is -0.689. The Kier molecular flexibility index (Phi) is 14.5. The number of unbranched alkanes of at least 4 members (excludes halogenated alkanes) is 11. The lowest BCUT2D eigenvalue weighted by atomic mass is 9.73. The van der Waals surface area contributed by atoms with Gasteiger partial charge in [0.1, 0.15) is 0 Å². The Bertz CT molecular complexity index is 296. The minimum absolute atomic E-state index is 0.268. The van der Waals surface area contributed by atoms with Crippen molar-refractivity contribution in [3.05, 3.63) is 0 Å². The van der Waals surface area contributed by atoms with Crippen molar-refractivity contribution < 1.29 is 9.90 Å². The van der Waals surface area contributed by atoms with Crippen LogP contribution in [0.25, 0.3) is 0 Å². The molecule has 0 saturated carbocycles. The van der Waals surface area contributed by atoms with E-state index in [9.17, 15) is 9.90 Å². The molecule has 0 aromatic heterocycles. The maximum atomic E-state index is 11.5. The molecule has 0 saturated heterocycles. The van der Waals surface area contributed by atoms with Gasteiger partial charge in [-0.05, 0) is 32.6 Å². The topological polar surface area (TPSA) is 37.0 Å². The molecule has 0 fully saturated rings. The van der Waals surface area contributed by atoms with Gasteiger partial charge in [0, 0.05) is 0 Å². The first-order valence-corrected chi connectivity index (χ1v) is 10.7. The summed E-state index contributed by atoms with van der Waals surface area (Å²) in [5.74, 6) is -0.606. The summed E-state index contributed by atoms with van der Waals surface area (Å²) in [6.45, 7) is 8.21. The van der Waals surface area contributed by atoms with E-state index in [1.165, 1.54) is 83.5 Å². The first kappa shape index (κ1) is 23.5. The van der Waals surface area contributed by atoms with E-state index < -0.39 is 11.4 Å². The van der Waals surface area contributed by atoms with Gasteiger partial charge in [-0.1, -0.05) is 97.3 Å². The summed E-state index contributed by atoms with van der Waals surface area (Å²) >= 11 is 0. The van der Waals surface area contributed by atoms with Crippen LogP contribution in [-0.4, -0.2) is 5.97 Å². The van der Waals surface area contributed by atoms with E-state index in [-0.39, 0.29) is 5.92 Å². The Morgan fingerprint density at radius 1 is 0.667 bits per heavy atom. The SMILES string of the molecule is CCCCCCCCCC(CCCCCCCC)C(C)(C)C([O])=O. The summed E-state index contributed by atoms with van der Waals surface area (Å²) in [4.78, 5) is 11.5. The van der Waals surface area contributed by atoms with Crippen LogP contribution in [0.3, 0.4) is 0 Å². The van der Waals surface area contributed by atoms with Crippen LogP contribution < -0.4 is 0 Å². The zero-order valence-corrected chi connectivity index (χ0v) is 17.0. The summed E-state index contributed by atoms with van der Waals surface area (Å²) in [6.07, 6.45) is 18.8. The van der Waals surface area contributed by atoms with Crippen LogP contribution in [0.15, 0.2) is 0 Å². The van der Waals surface area contributed by atoms with Crippen LogP contribution in [0.2, 0.25) is 0 Å². The number of carbonyl (C=O) groups is 1. The highest BCUT2D eigenvalue weighted by atomic mass is 16.4. The van der Waals surface area contributed by atoms with Gasteiger partial charge in [-0.2, -0.15) is 0 Å². The average molecular weight is 340 g/mol. The second-order valence-electron chi connectivity index (χ2n) is 8.17. The molecule has 2 heteroatoms. The van der Waals surface area contributed by atoms with Gasteiger partial charge in [0.05, 0.1) is 5.41 Å². The third-order valence-electron chi connectivity index (χ3n) is 5.61. The number of hydrogen-bond acceptors (Lipinski definition) is 1. The molecule has 0 spiro atoms. The number of carbonyl (C=O) groups excluding carboxylic acids is 1. The van der Waals surface area contributed by atoms with Gasteiger partial charge >= 0.3 is 5.97 Å². The monoisotopic (exact) mass is 339 g/mol. The van der Waals surface area contributed by atoms with Gasteiger partial charge in [0.15, 0.2) is 0 Å². The van der Waals surface area contributed by atoms with E-state index in [0.717, 1.165) is 12.8 Å². The first-order valence-electron chi connectivity index (χ1n) is 10.7. The predicted molar refractivity (Wildman–Crippen MR) is 104 cm³/mol. The van der Waals surface area contributed by atoms with Crippen molar-refractivity contribution in [1.82, 2.24) is 0 Å². The van der Waals surface area contributed by atoms with Crippen LogP contribution in [-0.2, 0) is 9.90 Å². The van der Waals surface area contributed by atoms with Gasteiger partial charge < -0.3 is 0 Å². The van der Waals surface area contributed by atoms with Gasteiger partial charge in [0.2, 0.25) is 0 Å². The van der Waals surface area contributed by atoms with Crippen molar-refractivity contribution in [2.75, 3.05) is 0 Å².